The van der Waals surface area contributed by atoms with Crippen LogP contribution in [0.15, 0.2) is 24.4 Å². The second kappa shape index (κ2) is 1.92. The van der Waals surface area contributed by atoms with E-state index in [1.807, 2.05) is 18.2 Å². The summed E-state index contributed by atoms with van der Waals surface area (Å²) in [5.74, 6) is 0. The predicted octanol–water partition coefficient (Wildman–Crippen LogP) is 1.14. The largest absolute Gasteiger partial charge is 0.383 e. The number of hydrogen-bond acceptors (Lipinski definition) is 2. The molecule has 0 fully saturated rings. The van der Waals surface area contributed by atoms with Crippen molar-refractivity contribution in [3.05, 3.63) is 35.7 Å². The molecule has 1 aromatic rings. The minimum absolute atomic E-state index is 0.490. The van der Waals surface area contributed by atoms with Crippen LogP contribution in [-0.2, 0) is 0 Å². The number of aliphatic hydroxyl groups is 1. The zero-order valence-electron chi connectivity index (χ0n) is 5.36. The molecule has 10 heavy (non-hydrogen) atoms. The molecule has 2 heteroatoms. The standard InChI is InChI=1S/C8H7NO/c10-7-4-3-6-2-1-5-9-8(6)7/h1-5,7,10H. The molecule has 1 atom stereocenters. The van der Waals surface area contributed by atoms with Gasteiger partial charge in [-0.15, -0.1) is 0 Å². The lowest BCUT2D eigenvalue weighted by Gasteiger charge is -1.99. The van der Waals surface area contributed by atoms with E-state index in [-0.39, 0.29) is 0 Å². The third-order valence-corrected chi connectivity index (χ3v) is 1.61. The SMILES string of the molecule is OC1C=Cc2cccnc21. The first-order valence-corrected chi connectivity index (χ1v) is 3.19. The molecule has 0 saturated carbocycles. The third kappa shape index (κ3) is 0.660. The van der Waals surface area contributed by atoms with E-state index >= 15 is 0 Å². The maximum atomic E-state index is 9.23. The molecule has 1 aliphatic carbocycles. The lowest BCUT2D eigenvalue weighted by Crippen LogP contribution is -1.93. The monoisotopic (exact) mass is 133 g/mol. The minimum atomic E-state index is -0.490. The van der Waals surface area contributed by atoms with Crippen molar-refractivity contribution in [2.75, 3.05) is 0 Å². The average Bonchev–Trinajstić information content (AvgIpc) is 2.34. The summed E-state index contributed by atoms with van der Waals surface area (Å²) in [5.41, 5.74) is 1.79. The molecule has 50 valence electrons. The van der Waals surface area contributed by atoms with E-state index in [1.54, 1.807) is 12.3 Å². The summed E-state index contributed by atoms with van der Waals surface area (Å²) < 4.78 is 0. The van der Waals surface area contributed by atoms with Gasteiger partial charge in [-0.3, -0.25) is 4.98 Å². The summed E-state index contributed by atoms with van der Waals surface area (Å²) in [4.78, 5) is 4.03. The summed E-state index contributed by atoms with van der Waals surface area (Å²) in [6.07, 6.45) is 4.82. The van der Waals surface area contributed by atoms with Crippen LogP contribution in [0.1, 0.15) is 17.4 Å². The minimum Gasteiger partial charge on any atom is -0.383 e. The molecule has 0 aliphatic heterocycles. The van der Waals surface area contributed by atoms with Crippen LogP contribution < -0.4 is 0 Å². The highest BCUT2D eigenvalue weighted by molar-refractivity contribution is 5.58. The van der Waals surface area contributed by atoms with E-state index in [0.717, 1.165) is 11.3 Å². The zero-order valence-corrected chi connectivity index (χ0v) is 5.36. The van der Waals surface area contributed by atoms with Crippen molar-refractivity contribution in [1.82, 2.24) is 4.98 Å². The summed E-state index contributed by atoms with van der Waals surface area (Å²) in [5, 5.41) is 9.23. The molecule has 1 aliphatic rings. The molecule has 2 rings (SSSR count). The fraction of sp³-hybridized carbons (Fsp3) is 0.125. The smallest absolute Gasteiger partial charge is 0.115 e. The summed E-state index contributed by atoms with van der Waals surface area (Å²) in [6.45, 7) is 0. The van der Waals surface area contributed by atoms with Crippen LogP contribution >= 0.6 is 0 Å². The molecule has 1 heterocycles. The molecule has 0 aromatic carbocycles. The first-order valence-electron chi connectivity index (χ1n) is 3.19. The van der Waals surface area contributed by atoms with Gasteiger partial charge in [-0.2, -0.15) is 0 Å². The van der Waals surface area contributed by atoms with E-state index in [2.05, 4.69) is 4.98 Å². The van der Waals surface area contributed by atoms with Crippen LogP contribution in [-0.4, -0.2) is 10.1 Å². The molecule has 1 N–H and O–H groups in total. The Bertz CT molecular complexity index is 280. The van der Waals surface area contributed by atoms with Crippen molar-refractivity contribution in [3.8, 4) is 0 Å². The van der Waals surface area contributed by atoms with Gasteiger partial charge in [0.15, 0.2) is 0 Å². The fourth-order valence-electron chi connectivity index (χ4n) is 1.10. The number of fused-ring (bicyclic) bond motifs is 1. The van der Waals surface area contributed by atoms with Gasteiger partial charge >= 0.3 is 0 Å². The first-order chi connectivity index (χ1) is 4.88. The Morgan fingerprint density at radius 1 is 1.50 bits per heavy atom. The second-order valence-corrected chi connectivity index (χ2v) is 2.28. The van der Waals surface area contributed by atoms with Gasteiger partial charge in [0, 0.05) is 6.20 Å². The lowest BCUT2D eigenvalue weighted by molar-refractivity contribution is 0.227. The molecule has 0 saturated heterocycles. The van der Waals surface area contributed by atoms with Gasteiger partial charge < -0.3 is 5.11 Å². The van der Waals surface area contributed by atoms with E-state index in [4.69, 9.17) is 0 Å². The number of pyridine rings is 1. The maximum Gasteiger partial charge on any atom is 0.115 e. The van der Waals surface area contributed by atoms with Gasteiger partial charge in [-0.05, 0) is 17.7 Å². The number of aliphatic hydroxyl groups excluding tert-OH is 1. The van der Waals surface area contributed by atoms with Crippen molar-refractivity contribution in [2.24, 2.45) is 0 Å². The van der Waals surface area contributed by atoms with Gasteiger partial charge in [0.05, 0.1) is 5.69 Å². The predicted molar refractivity (Wildman–Crippen MR) is 38.2 cm³/mol. The molecular weight excluding hydrogens is 126 g/mol. The Morgan fingerprint density at radius 3 is 3.20 bits per heavy atom. The summed E-state index contributed by atoms with van der Waals surface area (Å²) in [6, 6.07) is 3.80. The Labute approximate surface area is 58.8 Å². The quantitative estimate of drug-likeness (QED) is 0.575. The van der Waals surface area contributed by atoms with Gasteiger partial charge in [0.25, 0.3) is 0 Å². The average molecular weight is 133 g/mol. The zero-order chi connectivity index (χ0) is 6.97. The summed E-state index contributed by atoms with van der Waals surface area (Å²) >= 11 is 0. The van der Waals surface area contributed by atoms with Crippen LogP contribution in [0.25, 0.3) is 6.08 Å². The molecule has 1 unspecified atom stereocenters. The van der Waals surface area contributed by atoms with Crippen LogP contribution in [0, 0.1) is 0 Å². The number of nitrogens with zero attached hydrogens (tertiary/aromatic N) is 1. The second-order valence-electron chi connectivity index (χ2n) is 2.28. The molecule has 2 nitrogen and oxygen atoms in total. The highest BCUT2D eigenvalue weighted by atomic mass is 16.3. The van der Waals surface area contributed by atoms with Crippen molar-refractivity contribution in [1.29, 1.82) is 0 Å². The molecule has 0 amide bonds. The van der Waals surface area contributed by atoms with Crippen molar-refractivity contribution in [2.45, 2.75) is 6.10 Å². The van der Waals surface area contributed by atoms with Crippen LogP contribution in [0.5, 0.6) is 0 Å². The molecule has 0 spiro atoms. The van der Waals surface area contributed by atoms with E-state index in [9.17, 15) is 5.11 Å². The lowest BCUT2D eigenvalue weighted by atomic mass is 10.2. The van der Waals surface area contributed by atoms with Gasteiger partial charge in [-0.25, -0.2) is 0 Å². The number of aromatic nitrogens is 1. The van der Waals surface area contributed by atoms with Crippen LogP contribution in [0.2, 0.25) is 0 Å². The van der Waals surface area contributed by atoms with E-state index in [0.29, 0.717) is 0 Å². The van der Waals surface area contributed by atoms with E-state index < -0.39 is 6.10 Å². The molecule has 1 aromatic heterocycles. The normalized spacial score (nSPS) is 21.1. The maximum absolute atomic E-state index is 9.23. The van der Waals surface area contributed by atoms with E-state index in [1.165, 1.54) is 0 Å². The topological polar surface area (TPSA) is 33.1 Å². The Hall–Kier alpha value is -1.15. The number of hydrogen-bond donors (Lipinski definition) is 1. The van der Waals surface area contributed by atoms with Crippen molar-refractivity contribution >= 4 is 6.08 Å². The fourth-order valence-corrected chi connectivity index (χ4v) is 1.10. The molecule has 0 radical (unpaired) electrons. The van der Waals surface area contributed by atoms with Crippen LogP contribution in [0.4, 0.5) is 0 Å². The highest BCUT2D eigenvalue weighted by Gasteiger charge is 2.13. The third-order valence-electron chi connectivity index (χ3n) is 1.61. The molecular formula is C8H7NO. The Kier molecular flexibility index (Phi) is 1.08. The van der Waals surface area contributed by atoms with Gasteiger partial charge in [-0.1, -0.05) is 12.1 Å². The van der Waals surface area contributed by atoms with Crippen LogP contribution in [0.3, 0.4) is 0 Å². The highest BCUT2D eigenvalue weighted by Crippen LogP contribution is 2.24. The summed E-state index contributed by atoms with van der Waals surface area (Å²) in [7, 11) is 0. The van der Waals surface area contributed by atoms with Gasteiger partial charge in [0.1, 0.15) is 6.10 Å². The van der Waals surface area contributed by atoms with Crippen molar-refractivity contribution in [3.63, 3.8) is 0 Å². The Balaban J connectivity index is 2.59. The Morgan fingerprint density at radius 2 is 2.40 bits per heavy atom. The number of rotatable bonds is 0. The van der Waals surface area contributed by atoms with Crippen molar-refractivity contribution < 1.29 is 5.11 Å². The van der Waals surface area contributed by atoms with Gasteiger partial charge in [0.2, 0.25) is 0 Å². The molecule has 0 bridgehead atoms. The first kappa shape index (κ1) is 5.62.